The van der Waals surface area contributed by atoms with Crippen LogP contribution in [0.2, 0.25) is 0 Å². The predicted molar refractivity (Wildman–Crippen MR) is 17.9 cm³/mol. The fraction of sp³-hybridized carbons (Fsp3) is 0. The van der Waals surface area contributed by atoms with E-state index in [1.165, 1.54) is 0 Å². The Morgan fingerprint density at radius 3 is 0.600 bits per heavy atom. The predicted octanol–water partition coefficient (Wildman–Crippen LogP) is -1.26. The van der Waals surface area contributed by atoms with Crippen LogP contribution in [0.3, 0.4) is 0 Å². The van der Waals surface area contributed by atoms with Gasteiger partial charge in [-0.25, -0.2) is 0 Å². The van der Waals surface area contributed by atoms with Crippen molar-refractivity contribution >= 4 is 77.5 Å². The first-order valence-corrected chi connectivity index (χ1v) is 0. The van der Waals surface area contributed by atoms with Crippen LogP contribution in [0.25, 0.3) is 0 Å². The van der Waals surface area contributed by atoms with Crippen molar-refractivity contribution in [2.45, 2.75) is 0 Å². The van der Waals surface area contributed by atoms with Gasteiger partial charge >= 0.3 is 97.0 Å². The minimum absolute atomic E-state index is 0. The summed E-state index contributed by atoms with van der Waals surface area (Å²) in [5.74, 6) is 0. The summed E-state index contributed by atoms with van der Waals surface area (Å²) in [6.45, 7) is 0. The Bertz CT molecular complexity index is 6.85. The summed E-state index contributed by atoms with van der Waals surface area (Å²) < 4.78 is 0. The fourth-order valence-electron chi connectivity index (χ4n) is 0. The Kier molecular flexibility index (Phi) is 225. The molecule has 0 aromatic carbocycles. The van der Waals surface area contributed by atoms with Crippen LogP contribution >= 0.6 is 0 Å². The maximum Gasteiger partial charge on any atom is 3.00 e. The van der Waals surface area contributed by atoms with Crippen LogP contribution in [0.1, 0.15) is 0 Å². The molecule has 0 saturated carbocycles. The molecule has 0 heterocycles. The van der Waals surface area contributed by atoms with Crippen LogP contribution < -0.4 is 0 Å². The van der Waals surface area contributed by atoms with Crippen molar-refractivity contribution in [3.05, 3.63) is 0 Å². The Hall–Kier alpha value is 3.19. The van der Waals surface area contributed by atoms with Crippen LogP contribution in [0, 0.1) is 0 Å². The first kappa shape index (κ1) is 41.6. The third kappa shape index (κ3) is 19.0. The molecule has 0 aromatic heterocycles. The van der Waals surface area contributed by atoms with Gasteiger partial charge in [0, 0.05) is 0 Å². The molecule has 0 radical (unpaired) electrons. The minimum atomic E-state index is 0. The molecule has 0 spiro atoms. The summed E-state index contributed by atoms with van der Waals surface area (Å²) >= 11 is 0. The zero-order chi connectivity index (χ0) is 0. The van der Waals surface area contributed by atoms with Crippen molar-refractivity contribution in [2.75, 3.05) is 0 Å². The standard InChI is InChI=1S/3In.O.Zn/q3*+3;-2;+2. The minimum Gasteiger partial charge on any atom is -2.00 e. The maximum absolute atomic E-state index is 0. The summed E-state index contributed by atoms with van der Waals surface area (Å²) in [6.07, 6.45) is 0. The van der Waals surface area contributed by atoms with Gasteiger partial charge in [0.25, 0.3) is 0 Å². The van der Waals surface area contributed by atoms with Gasteiger partial charge in [-0.1, -0.05) is 0 Å². The monoisotopic (exact) mass is 425 g/mol. The molecule has 0 atom stereocenters. The second kappa shape index (κ2) is 27.1. The molecule has 0 fully saturated rings. The molecular formula is In3OZn+9. The van der Waals surface area contributed by atoms with E-state index >= 15 is 0 Å². The second-order valence-corrected chi connectivity index (χ2v) is 0. The largest absolute Gasteiger partial charge is 3.00 e. The molecule has 0 aliphatic rings. The van der Waals surface area contributed by atoms with Crippen molar-refractivity contribution in [3.8, 4) is 0 Å². The Labute approximate surface area is 100 Å². The zero-order valence-corrected chi connectivity index (χ0v) is 15.7. The maximum atomic E-state index is 0. The fourth-order valence-corrected chi connectivity index (χ4v) is 0. The van der Waals surface area contributed by atoms with Crippen LogP contribution in [0.15, 0.2) is 0 Å². The molecule has 0 saturated heterocycles. The molecule has 0 rings (SSSR count). The average molecular weight is 426 g/mol. The number of hydrogen-bond donors (Lipinski definition) is 0. The molecule has 8 valence electrons. The van der Waals surface area contributed by atoms with Gasteiger partial charge in [-0.3, -0.25) is 0 Å². The van der Waals surface area contributed by atoms with Gasteiger partial charge in [-0.05, 0) is 0 Å². The Morgan fingerprint density at radius 1 is 0.600 bits per heavy atom. The van der Waals surface area contributed by atoms with Crippen LogP contribution in [-0.4, -0.2) is 77.5 Å². The molecule has 5 heteroatoms. The molecule has 0 bridgehead atoms. The smallest absolute Gasteiger partial charge is 2.00 e. The van der Waals surface area contributed by atoms with E-state index in [1.807, 2.05) is 0 Å². The van der Waals surface area contributed by atoms with Crippen LogP contribution in [0.5, 0.6) is 0 Å². The molecule has 0 amide bonds. The molecule has 0 aliphatic heterocycles. The average Bonchev–Trinajstić information content (AvgIpc) is 0. The summed E-state index contributed by atoms with van der Waals surface area (Å²) in [7, 11) is 0. The van der Waals surface area contributed by atoms with E-state index in [-0.39, 0.29) is 102 Å². The van der Waals surface area contributed by atoms with Crippen LogP contribution in [0.4, 0.5) is 0 Å². The second-order valence-electron chi connectivity index (χ2n) is 0. The SMILES string of the molecule is [In+3].[In+3].[In+3].[O-2].[Zn+2]. The Balaban J connectivity index is 0. The van der Waals surface area contributed by atoms with Crippen molar-refractivity contribution < 1.29 is 25.0 Å². The summed E-state index contributed by atoms with van der Waals surface area (Å²) in [4.78, 5) is 0. The van der Waals surface area contributed by atoms with Gasteiger partial charge in [0.15, 0.2) is 0 Å². The van der Waals surface area contributed by atoms with E-state index in [0.717, 1.165) is 0 Å². The van der Waals surface area contributed by atoms with E-state index in [0.29, 0.717) is 0 Å². The van der Waals surface area contributed by atoms with E-state index in [1.54, 1.807) is 0 Å². The molecule has 0 aromatic rings. The van der Waals surface area contributed by atoms with E-state index in [2.05, 4.69) is 0 Å². The third-order valence-corrected chi connectivity index (χ3v) is 0. The summed E-state index contributed by atoms with van der Waals surface area (Å²) in [5.41, 5.74) is 0. The van der Waals surface area contributed by atoms with Crippen molar-refractivity contribution in [3.63, 3.8) is 0 Å². The molecule has 0 unspecified atom stereocenters. The van der Waals surface area contributed by atoms with Gasteiger partial charge in [0.2, 0.25) is 0 Å². The van der Waals surface area contributed by atoms with E-state index in [9.17, 15) is 0 Å². The molecule has 0 aliphatic carbocycles. The van der Waals surface area contributed by atoms with Gasteiger partial charge in [0.1, 0.15) is 0 Å². The first-order chi connectivity index (χ1) is 0. The van der Waals surface area contributed by atoms with E-state index in [4.69, 9.17) is 0 Å². The third-order valence-electron chi connectivity index (χ3n) is 0. The normalized spacial score (nSPS) is 0. The molecular weight excluding hydrogens is 426 g/mol. The molecule has 5 heavy (non-hydrogen) atoms. The number of rotatable bonds is 0. The van der Waals surface area contributed by atoms with Crippen molar-refractivity contribution in [1.29, 1.82) is 0 Å². The molecule has 0 N–H and O–H groups in total. The zero-order valence-electron chi connectivity index (χ0n) is 2.85. The molecule has 1 nitrogen and oxygen atoms in total. The van der Waals surface area contributed by atoms with Gasteiger partial charge < -0.3 is 5.48 Å². The van der Waals surface area contributed by atoms with Crippen molar-refractivity contribution in [2.24, 2.45) is 0 Å². The van der Waals surface area contributed by atoms with Gasteiger partial charge in [-0.2, -0.15) is 0 Å². The van der Waals surface area contributed by atoms with Crippen LogP contribution in [-0.2, 0) is 25.0 Å². The first-order valence-electron chi connectivity index (χ1n) is 0. The topological polar surface area (TPSA) is 28.5 Å². The summed E-state index contributed by atoms with van der Waals surface area (Å²) in [5, 5.41) is 0. The van der Waals surface area contributed by atoms with Gasteiger partial charge in [-0.15, -0.1) is 0 Å². The van der Waals surface area contributed by atoms with Crippen molar-refractivity contribution in [1.82, 2.24) is 0 Å². The van der Waals surface area contributed by atoms with Gasteiger partial charge in [0.05, 0.1) is 0 Å². The number of hydrogen-bond acceptors (Lipinski definition) is 0. The summed E-state index contributed by atoms with van der Waals surface area (Å²) in [6, 6.07) is 0. The van der Waals surface area contributed by atoms with E-state index < -0.39 is 0 Å². The Morgan fingerprint density at radius 2 is 0.600 bits per heavy atom. The quantitative estimate of drug-likeness (QED) is 0.433.